The number of aromatic nitrogens is 1. The van der Waals surface area contributed by atoms with E-state index >= 15 is 0 Å². The number of carbonyl (C=O) groups is 1. The molecular formula is C19H16ClN3O5S. The number of amides is 1. The van der Waals surface area contributed by atoms with Gasteiger partial charge in [-0.1, -0.05) is 11.6 Å². The van der Waals surface area contributed by atoms with E-state index in [-0.39, 0.29) is 26.7 Å². The molecule has 0 bridgehead atoms. The molecule has 0 saturated carbocycles. The molecule has 1 amide bonds. The summed E-state index contributed by atoms with van der Waals surface area (Å²) in [5.74, 6) is 0.0629. The largest absolute Gasteiger partial charge is 0.497 e. The third-order valence-electron chi connectivity index (χ3n) is 3.87. The van der Waals surface area contributed by atoms with Crippen LogP contribution < -0.4 is 20.3 Å². The van der Waals surface area contributed by atoms with Gasteiger partial charge in [0.15, 0.2) is 0 Å². The van der Waals surface area contributed by atoms with E-state index in [0.717, 1.165) is 0 Å². The minimum absolute atomic E-state index is 0.00643. The van der Waals surface area contributed by atoms with Crippen molar-refractivity contribution in [1.82, 2.24) is 4.98 Å². The first kappa shape index (κ1) is 20.4. The van der Waals surface area contributed by atoms with Crippen molar-refractivity contribution in [2.45, 2.75) is 4.90 Å². The van der Waals surface area contributed by atoms with Crippen LogP contribution in [-0.4, -0.2) is 26.4 Å². The first-order valence-electron chi connectivity index (χ1n) is 8.25. The van der Waals surface area contributed by atoms with E-state index in [1.54, 1.807) is 24.3 Å². The molecule has 3 aromatic rings. The zero-order valence-electron chi connectivity index (χ0n) is 15.1. The van der Waals surface area contributed by atoms with Crippen LogP contribution in [0.1, 0.15) is 10.4 Å². The first-order chi connectivity index (χ1) is 13.8. The highest BCUT2D eigenvalue weighted by molar-refractivity contribution is 7.92. The predicted octanol–water partition coefficient (Wildman–Crippen LogP) is 3.09. The Morgan fingerprint density at radius 3 is 2.34 bits per heavy atom. The maximum absolute atomic E-state index is 12.7. The van der Waals surface area contributed by atoms with Crippen LogP contribution in [0, 0.1) is 0 Å². The second kappa shape index (κ2) is 8.38. The molecule has 1 heterocycles. The lowest BCUT2D eigenvalue weighted by Crippen LogP contribution is -2.16. The number of sulfonamides is 1. The Hall–Kier alpha value is -3.30. The number of rotatable bonds is 6. The van der Waals surface area contributed by atoms with E-state index in [1.165, 1.54) is 43.6 Å². The van der Waals surface area contributed by atoms with Crippen LogP contribution in [0.5, 0.6) is 5.75 Å². The molecule has 150 valence electrons. The predicted molar refractivity (Wildman–Crippen MR) is 110 cm³/mol. The summed E-state index contributed by atoms with van der Waals surface area (Å²) in [5, 5.41) is 2.56. The summed E-state index contributed by atoms with van der Waals surface area (Å²) < 4.78 is 33.0. The van der Waals surface area contributed by atoms with Gasteiger partial charge in [0.05, 0.1) is 17.7 Å². The van der Waals surface area contributed by atoms with Crippen LogP contribution in [0.2, 0.25) is 5.02 Å². The fraction of sp³-hybridized carbons (Fsp3) is 0.0526. The monoisotopic (exact) mass is 433 g/mol. The van der Waals surface area contributed by atoms with Gasteiger partial charge in [0.2, 0.25) is 5.56 Å². The van der Waals surface area contributed by atoms with Gasteiger partial charge in [0, 0.05) is 23.6 Å². The molecule has 0 aliphatic carbocycles. The highest BCUT2D eigenvalue weighted by Gasteiger charge is 2.19. The number of pyridine rings is 1. The van der Waals surface area contributed by atoms with Crippen molar-refractivity contribution in [2.24, 2.45) is 0 Å². The molecule has 0 radical (unpaired) electrons. The average Bonchev–Trinajstić information content (AvgIpc) is 2.70. The second-order valence-corrected chi connectivity index (χ2v) is 7.93. The van der Waals surface area contributed by atoms with Crippen molar-refractivity contribution < 1.29 is 17.9 Å². The maximum Gasteiger partial charge on any atom is 0.263 e. The standard InChI is InChI=1S/C19H16ClN3O5S/c1-28-15-6-3-13(4-7-15)23-29(26,27)17-10-14(5-8-16(17)20)22-19(25)12-2-9-18(24)21-11-12/h2-11,23H,1H3,(H,21,24)(H,22,25). The number of halogens is 1. The van der Waals surface area contributed by atoms with Gasteiger partial charge in [-0.3, -0.25) is 14.3 Å². The quantitative estimate of drug-likeness (QED) is 0.552. The summed E-state index contributed by atoms with van der Waals surface area (Å²) in [6.07, 6.45) is 1.26. The summed E-state index contributed by atoms with van der Waals surface area (Å²) in [6.45, 7) is 0. The molecule has 0 atom stereocenters. The molecule has 8 nitrogen and oxygen atoms in total. The normalized spacial score (nSPS) is 11.0. The first-order valence-corrected chi connectivity index (χ1v) is 10.1. The summed E-state index contributed by atoms with van der Waals surface area (Å²) in [4.78, 5) is 25.6. The lowest BCUT2D eigenvalue weighted by atomic mass is 10.2. The smallest absolute Gasteiger partial charge is 0.263 e. The van der Waals surface area contributed by atoms with E-state index < -0.39 is 15.9 Å². The number of benzene rings is 2. The third kappa shape index (κ3) is 4.95. The van der Waals surface area contributed by atoms with Crippen LogP contribution in [0.15, 0.2) is 70.5 Å². The summed E-state index contributed by atoms with van der Waals surface area (Å²) >= 11 is 6.07. The van der Waals surface area contributed by atoms with Crippen LogP contribution in [0.3, 0.4) is 0 Å². The molecule has 0 saturated heterocycles. The third-order valence-corrected chi connectivity index (χ3v) is 5.73. The van der Waals surface area contributed by atoms with Crippen molar-refractivity contribution in [2.75, 3.05) is 17.1 Å². The number of ether oxygens (including phenoxy) is 1. The molecule has 2 aromatic carbocycles. The minimum Gasteiger partial charge on any atom is -0.497 e. The van der Waals surface area contributed by atoms with Gasteiger partial charge < -0.3 is 15.0 Å². The molecule has 1 aromatic heterocycles. The topological polar surface area (TPSA) is 117 Å². The molecule has 0 spiro atoms. The number of aromatic amines is 1. The number of H-pyrrole nitrogens is 1. The van der Waals surface area contributed by atoms with Gasteiger partial charge in [-0.2, -0.15) is 0 Å². The van der Waals surface area contributed by atoms with E-state index in [0.29, 0.717) is 11.4 Å². The van der Waals surface area contributed by atoms with Crippen molar-refractivity contribution in [3.8, 4) is 5.75 Å². The van der Waals surface area contributed by atoms with Crippen molar-refractivity contribution in [3.05, 3.63) is 81.7 Å². The second-order valence-electron chi connectivity index (χ2n) is 5.87. The van der Waals surface area contributed by atoms with Crippen LogP contribution in [0.4, 0.5) is 11.4 Å². The Labute approximate surface area is 171 Å². The number of methoxy groups -OCH3 is 1. The van der Waals surface area contributed by atoms with E-state index in [9.17, 15) is 18.0 Å². The van der Waals surface area contributed by atoms with Crippen LogP contribution in [0.25, 0.3) is 0 Å². The molecular weight excluding hydrogens is 418 g/mol. The van der Waals surface area contributed by atoms with E-state index in [1.807, 2.05) is 0 Å². The highest BCUT2D eigenvalue weighted by Crippen LogP contribution is 2.27. The zero-order chi connectivity index (χ0) is 21.0. The molecule has 0 aliphatic rings. The number of hydrogen-bond donors (Lipinski definition) is 3. The van der Waals surface area contributed by atoms with Gasteiger partial charge in [-0.05, 0) is 48.5 Å². The Morgan fingerprint density at radius 2 is 1.72 bits per heavy atom. The zero-order valence-corrected chi connectivity index (χ0v) is 16.7. The summed E-state index contributed by atoms with van der Waals surface area (Å²) in [5.41, 5.74) is 0.414. The lowest BCUT2D eigenvalue weighted by Gasteiger charge is -2.12. The number of nitrogens with one attached hydrogen (secondary N) is 3. The van der Waals surface area contributed by atoms with Crippen molar-refractivity contribution in [3.63, 3.8) is 0 Å². The van der Waals surface area contributed by atoms with Crippen LogP contribution >= 0.6 is 11.6 Å². The highest BCUT2D eigenvalue weighted by atomic mass is 35.5. The molecule has 0 fully saturated rings. The van der Waals surface area contributed by atoms with E-state index in [2.05, 4.69) is 15.0 Å². The van der Waals surface area contributed by atoms with E-state index in [4.69, 9.17) is 16.3 Å². The number of carbonyl (C=O) groups excluding carboxylic acids is 1. The molecule has 3 N–H and O–H groups in total. The lowest BCUT2D eigenvalue weighted by molar-refractivity contribution is 0.102. The fourth-order valence-electron chi connectivity index (χ4n) is 2.41. The van der Waals surface area contributed by atoms with Crippen LogP contribution in [-0.2, 0) is 10.0 Å². The Bertz CT molecular complexity index is 1190. The average molecular weight is 434 g/mol. The van der Waals surface area contributed by atoms with Crippen molar-refractivity contribution >= 4 is 38.9 Å². The molecule has 0 aliphatic heterocycles. The molecule has 10 heteroatoms. The van der Waals surface area contributed by atoms with Gasteiger partial charge in [0.25, 0.3) is 15.9 Å². The summed E-state index contributed by atoms with van der Waals surface area (Å²) in [6, 6.07) is 13.0. The molecule has 29 heavy (non-hydrogen) atoms. The Balaban J connectivity index is 1.84. The molecule has 0 unspecified atom stereocenters. The van der Waals surface area contributed by atoms with Gasteiger partial charge in [-0.15, -0.1) is 0 Å². The van der Waals surface area contributed by atoms with Gasteiger partial charge in [0.1, 0.15) is 10.6 Å². The SMILES string of the molecule is COc1ccc(NS(=O)(=O)c2cc(NC(=O)c3ccc(=O)[nH]c3)ccc2Cl)cc1. The van der Waals surface area contributed by atoms with Gasteiger partial charge >= 0.3 is 0 Å². The Kier molecular flexibility index (Phi) is 5.90. The summed E-state index contributed by atoms with van der Waals surface area (Å²) in [7, 11) is -2.51. The minimum atomic E-state index is -4.01. The van der Waals surface area contributed by atoms with Gasteiger partial charge in [-0.25, -0.2) is 8.42 Å². The molecule has 3 rings (SSSR count). The maximum atomic E-state index is 12.7. The number of anilines is 2. The fourth-order valence-corrected chi connectivity index (χ4v) is 4.00. The Morgan fingerprint density at radius 1 is 1.03 bits per heavy atom. The van der Waals surface area contributed by atoms with Crippen molar-refractivity contribution in [1.29, 1.82) is 0 Å². The number of hydrogen-bond acceptors (Lipinski definition) is 5.